The van der Waals surface area contributed by atoms with Crippen LogP contribution in [0.4, 0.5) is 8.78 Å². The zero-order valence-electron chi connectivity index (χ0n) is 13.0. The number of halogens is 2. The van der Waals surface area contributed by atoms with E-state index >= 15 is 0 Å². The molecule has 0 bridgehead atoms. The summed E-state index contributed by atoms with van der Waals surface area (Å²) < 4.78 is 36.1. The highest BCUT2D eigenvalue weighted by Gasteiger charge is 2.27. The summed E-state index contributed by atoms with van der Waals surface area (Å²) in [7, 11) is 1.23. The van der Waals surface area contributed by atoms with E-state index < -0.39 is 12.4 Å². The van der Waals surface area contributed by atoms with Gasteiger partial charge in [-0.1, -0.05) is 0 Å². The molecule has 1 aromatic rings. The van der Waals surface area contributed by atoms with Crippen LogP contribution in [0.15, 0.2) is 6.07 Å². The van der Waals surface area contributed by atoms with Crippen molar-refractivity contribution >= 4 is 17.3 Å². The Bertz CT molecular complexity index is 511. The van der Waals surface area contributed by atoms with E-state index in [1.807, 2.05) is 0 Å². The third-order valence-electron chi connectivity index (χ3n) is 3.80. The lowest BCUT2D eigenvalue weighted by Crippen LogP contribution is -2.41. The van der Waals surface area contributed by atoms with Crippen LogP contribution in [0, 0.1) is 0 Å². The highest BCUT2D eigenvalue weighted by atomic mass is 32.1. The van der Waals surface area contributed by atoms with Crippen molar-refractivity contribution < 1.29 is 23.0 Å². The third kappa shape index (κ3) is 3.95. The Morgan fingerprint density at radius 3 is 2.50 bits per heavy atom. The molecule has 1 fully saturated rings. The van der Waals surface area contributed by atoms with Crippen LogP contribution in [0.5, 0.6) is 5.75 Å². The molecule has 1 aliphatic rings. The fraction of sp³-hybridized carbons (Fsp3) is 0.667. The molecule has 0 amide bonds. The molecule has 2 rings (SSSR count). The first-order valence-electron chi connectivity index (χ1n) is 7.33. The third-order valence-corrected chi connectivity index (χ3v) is 4.91. The lowest BCUT2D eigenvalue weighted by atomic mass is 10.1. The summed E-state index contributed by atoms with van der Waals surface area (Å²) in [5.41, 5.74) is 0. The van der Waals surface area contributed by atoms with Gasteiger partial charge in [0.2, 0.25) is 0 Å². The zero-order valence-corrected chi connectivity index (χ0v) is 13.8. The number of piperidine rings is 1. The van der Waals surface area contributed by atoms with Crippen molar-refractivity contribution in [3.05, 3.63) is 15.8 Å². The summed E-state index contributed by atoms with van der Waals surface area (Å²) in [6, 6.07) is 1.74. The molecule has 0 N–H and O–H groups in total. The first-order valence-corrected chi connectivity index (χ1v) is 8.15. The van der Waals surface area contributed by atoms with Crippen molar-refractivity contribution in [2.45, 2.75) is 45.3 Å². The minimum atomic E-state index is -2.62. The van der Waals surface area contributed by atoms with Crippen LogP contribution in [-0.4, -0.2) is 43.2 Å². The van der Waals surface area contributed by atoms with Gasteiger partial charge in [0.05, 0.1) is 12.0 Å². The van der Waals surface area contributed by atoms with Gasteiger partial charge in [-0.05, 0) is 26.7 Å². The number of carbonyl (C=O) groups excluding carboxylic acids is 1. The molecule has 22 heavy (non-hydrogen) atoms. The molecule has 1 aliphatic heterocycles. The Kier molecular flexibility index (Phi) is 5.74. The molecule has 7 heteroatoms. The molecule has 1 saturated heterocycles. The van der Waals surface area contributed by atoms with E-state index in [0.29, 0.717) is 6.04 Å². The molecule has 0 atom stereocenters. The van der Waals surface area contributed by atoms with Crippen LogP contribution in [0.25, 0.3) is 0 Å². The highest BCUT2D eigenvalue weighted by Crippen LogP contribution is 2.37. The van der Waals surface area contributed by atoms with Crippen LogP contribution in [0.3, 0.4) is 0 Å². The number of esters is 1. The summed E-state index contributed by atoms with van der Waals surface area (Å²) in [6.45, 7) is 6.10. The molecular weight excluding hydrogens is 312 g/mol. The Hall–Kier alpha value is -1.21. The number of ether oxygens (including phenoxy) is 2. The van der Waals surface area contributed by atoms with Gasteiger partial charge in [-0.25, -0.2) is 13.6 Å². The Labute approximate surface area is 133 Å². The van der Waals surface area contributed by atoms with E-state index in [-0.39, 0.29) is 21.6 Å². The van der Waals surface area contributed by atoms with Crippen molar-refractivity contribution in [1.29, 1.82) is 0 Å². The number of carbonyl (C=O) groups is 1. The van der Waals surface area contributed by atoms with Gasteiger partial charge in [0, 0.05) is 25.2 Å². The summed E-state index contributed by atoms with van der Waals surface area (Å²) in [6.07, 6.45) is -1.04. The number of methoxy groups -OCH3 is 1. The van der Waals surface area contributed by atoms with Gasteiger partial charge in [0.25, 0.3) is 6.43 Å². The van der Waals surface area contributed by atoms with E-state index in [0.717, 1.165) is 37.3 Å². The maximum absolute atomic E-state index is 12.8. The predicted molar refractivity (Wildman–Crippen MR) is 81.0 cm³/mol. The number of hydrogen-bond acceptors (Lipinski definition) is 5. The van der Waals surface area contributed by atoms with E-state index in [1.54, 1.807) is 0 Å². The number of hydrogen-bond donors (Lipinski definition) is 0. The Morgan fingerprint density at radius 1 is 1.36 bits per heavy atom. The monoisotopic (exact) mass is 333 g/mol. The maximum Gasteiger partial charge on any atom is 0.351 e. The lowest BCUT2D eigenvalue weighted by Gasteiger charge is -2.34. The molecule has 1 aromatic heterocycles. The van der Waals surface area contributed by atoms with E-state index in [1.165, 1.54) is 13.2 Å². The standard InChI is InChI=1S/C15H21F2NO3S/c1-9(2)18-6-4-10(5-7-18)21-11-8-12(14(16)17)22-13(11)15(19)20-3/h8-10,14H,4-7H2,1-3H3. The van der Waals surface area contributed by atoms with Gasteiger partial charge < -0.3 is 14.4 Å². The van der Waals surface area contributed by atoms with E-state index in [2.05, 4.69) is 23.5 Å². The van der Waals surface area contributed by atoms with Gasteiger partial charge in [0.15, 0.2) is 4.88 Å². The second-order valence-electron chi connectivity index (χ2n) is 5.58. The van der Waals surface area contributed by atoms with Crippen LogP contribution >= 0.6 is 11.3 Å². The number of nitrogens with zero attached hydrogens (tertiary/aromatic N) is 1. The largest absolute Gasteiger partial charge is 0.489 e. The van der Waals surface area contributed by atoms with Crippen LogP contribution < -0.4 is 4.74 Å². The number of alkyl halides is 2. The average Bonchev–Trinajstić information content (AvgIpc) is 2.91. The Balaban J connectivity index is 2.07. The van der Waals surface area contributed by atoms with Crippen LogP contribution in [0.2, 0.25) is 0 Å². The molecule has 0 unspecified atom stereocenters. The maximum atomic E-state index is 12.8. The summed E-state index contributed by atoms with van der Waals surface area (Å²) >= 11 is 0.734. The fourth-order valence-corrected chi connectivity index (χ4v) is 3.38. The second-order valence-corrected chi connectivity index (χ2v) is 6.67. The highest BCUT2D eigenvalue weighted by molar-refractivity contribution is 7.14. The molecule has 4 nitrogen and oxygen atoms in total. The summed E-state index contributed by atoms with van der Waals surface area (Å²) in [5.74, 6) is -0.415. The van der Waals surface area contributed by atoms with Crippen molar-refractivity contribution in [2.24, 2.45) is 0 Å². The topological polar surface area (TPSA) is 38.8 Å². The van der Waals surface area contributed by atoms with Gasteiger partial charge >= 0.3 is 5.97 Å². The molecule has 2 heterocycles. The minimum Gasteiger partial charge on any atom is -0.489 e. The van der Waals surface area contributed by atoms with Gasteiger partial charge in [-0.2, -0.15) is 0 Å². The normalized spacial score (nSPS) is 17.2. The van der Waals surface area contributed by atoms with Crippen molar-refractivity contribution in [1.82, 2.24) is 4.90 Å². The average molecular weight is 333 g/mol. The molecule has 0 aromatic carbocycles. The smallest absolute Gasteiger partial charge is 0.351 e. The quantitative estimate of drug-likeness (QED) is 0.770. The molecular formula is C15H21F2NO3S. The molecule has 0 aliphatic carbocycles. The van der Waals surface area contributed by atoms with Gasteiger partial charge in [-0.3, -0.25) is 0 Å². The van der Waals surface area contributed by atoms with Crippen LogP contribution in [-0.2, 0) is 4.74 Å². The SMILES string of the molecule is COC(=O)c1sc(C(F)F)cc1OC1CCN(C(C)C)CC1. The first kappa shape index (κ1) is 17.1. The molecule has 0 saturated carbocycles. The van der Waals surface area contributed by atoms with Crippen molar-refractivity contribution in [3.63, 3.8) is 0 Å². The lowest BCUT2D eigenvalue weighted by molar-refractivity contribution is 0.0586. The fourth-order valence-electron chi connectivity index (χ4n) is 2.51. The number of likely N-dealkylation sites (tertiary alicyclic amines) is 1. The van der Waals surface area contributed by atoms with E-state index in [4.69, 9.17) is 4.74 Å². The van der Waals surface area contributed by atoms with Gasteiger partial charge in [0.1, 0.15) is 11.9 Å². The van der Waals surface area contributed by atoms with Crippen LogP contribution in [0.1, 0.15) is 47.7 Å². The van der Waals surface area contributed by atoms with Crippen molar-refractivity contribution in [3.8, 4) is 5.75 Å². The number of rotatable bonds is 5. The first-order chi connectivity index (χ1) is 10.4. The molecule has 0 spiro atoms. The zero-order chi connectivity index (χ0) is 16.3. The Morgan fingerprint density at radius 2 is 2.00 bits per heavy atom. The molecule has 0 radical (unpaired) electrons. The van der Waals surface area contributed by atoms with Crippen molar-refractivity contribution in [2.75, 3.05) is 20.2 Å². The second kappa shape index (κ2) is 7.37. The number of thiophene rings is 1. The molecule has 124 valence electrons. The predicted octanol–water partition coefficient (Wildman–Crippen LogP) is 3.72. The minimum absolute atomic E-state index is 0.0569. The van der Waals surface area contributed by atoms with E-state index in [9.17, 15) is 13.6 Å². The van der Waals surface area contributed by atoms with Gasteiger partial charge in [-0.15, -0.1) is 11.3 Å². The summed E-state index contributed by atoms with van der Waals surface area (Å²) in [4.78, 5) is 14.0. The summed E-state index contributed by atoms with van der Waals surface area (Å²) in [5, 5.41) is 0.